The first-order valence-corrected chi connectivity index (χ1v) is 5.32. The second kappa shape index (κ2) is 5.18. The van der Waals surface area contributed by atoms with E-state index in [0.717, 1.165) is 5.69 Å². The van der Waals surface area contributed by atoms with Gasteiger partial charge in [0.2, 0.25) is 0 Å². The molecule has 5 heteroatoms. The molecule has 0 aliphatic rings. The van der Waals surface area contributed by atoms with E-state index in [2.05, 4.69) is 4.98 Å². The molecule has 18 heavy (non-hydrogen) atoms. The number of hydrogen-bond acceptors (Lipinski definition) is 4. The van der Waals surface area contributed by atoms with Crippen LogP contribution in [-0.4, -0.2) is 16.1 Å². The molecule has 0 aliphatic carbocycles. The summed E-state index contributed by atoms with van der Waals surface area (Å²) < 4.78 is 5.44. The second-order valence-corrected chi connectivity index (χ2v) is 3.67. The molecule has 1 aromatic heterocycles. The Labute approximate surface area is 104 Å². The molecule has 2 aromatic rings. The van der Waals surface area contributed by atoms with Crippen molar-refractivity contribution in [1.29, 1.82) is 0 Å². The van der Waals surface area contributed by atoms with Crippen LogP contribution in [0, 0.1) is 0 Å². The van der Waals surface area contributed by atoms with Crippen LogP contribution < -0.4 is 10.5 Å². The number of nitrogens with zero attached hydrogens (tertiary/aromatic N) is 1. The molecule has 0 saturated heterocycles. The average molecular weight is 244 g/mol. The first-order chi connectivity index (χ1) is 8.66. The number of anilines is 1. The highest BCUT2D eigenvalue weighted by molar-refractivity contribution is 5.91. The molecule has 0 atom stereocenters. The lowest BCUT2D eigenvalue weighted by molar-refractivity contribution is 0.0691. The smallest absolute Gasteiger partial charge is 0.339 e. The fraction of sp³-hybridized carbons (Fsp3) is 0.0769. The van der Waals surface area contributed by atoms with Gasteiger partial charge in [0.1, 0.15) is 17.9 Å². The van der Waals surface area contributed by atoms with Gasteiger partial charge in [-0.1, -0.05) is 6.07 Å². The predicted molar refractivity (Wildman–Crippen MR) is 66.4 cm³/mol. The number of ether oxygens (including phenoxy) is 1. The van der Waals surface area contributed by atoms with Crippen LogP contribution in [0.15, 0.2) is 42.6 Å². The molecular weight excluding hydrogens is 232 g/mol. The number of carbonyl (C=O) groups is 1. The average Bonchev–Trinajstić information content (AvgIpc) is 2.37. The second-order valence-electron chi connectivity index (χ2n) is 3.67. The number of nitrogens with two attached hydrogens (primary N) is 1. The van der Waals surface area contributed by atoms with Gasteiger partial charge in [-0.15, -0.1) is 0 Å². The third kappa shape index (κ3) is 2.76. The molecule has 2 rings (SSSR count). The van der Waals surface area contributed by atoms with Crippen molar-refractivity contribution in [3.05, 3.63) is 53.9 Å². The number of nitrogen functional groups attached to an aromatic ring is 1. The Morgan fingerprint density at radius 3 is 2.83 bits per heavy atom. The molecule has 0 bridgehead atoms. The van der Waals surface area contributed by atoms with Gasteiger partial charge in [0.15, 0.2) is 0 Å². The SMILES string of the molecule is Nc1ccc(C(=O)O)c(OCc2ccccn2)c1. The van der Waals surface area contributed by atoms with Crippen molar-refractivity contribution in [3.63, 3.8) is 0 Å². The van der Waals surface area contributed by atoms with E-state index in [-0.39, 0.29) is 17.9 Å². The third-order valence-corrected chi connectivity index (χ3v) is 2.34. The van der Waals surface area contributed by atoms with Gasteiger partial charge in [0.25, 0.3) is 0 Å². The lowest BCUT2D eigenvalue weighted by Gasteiger charge is -2.09. The Bertz CT molecular complexity index is 555. The summed E-state index contributed by atoms with van der Waals surface area (Å²) in [4.78, 5) is 15.1. The van der Waals surface area contributed by atoms with Crippen molar-refractivity contribution in [1.82, 2.24) is 4.98 Å². The van der Waals surface area contributed by atoms with Crippen LogP contribution in [0.2, 0.25) is 0 Å². The first-order valence-electron chi connectivity index (χ1n) is 5.32. The highest BCUT2D eigenvalue weighted by Gasteiger charge is 2.11. The van der Waals surface area contributed by atoms with E-state index in [1.165, 1.54) is 18.2 Å². The molecule has 0 amide bonds. The van der Waals surface area contributed by atoms with Crippen molar-refractivity contribution in [2.45, 2.75) is 6.61 Å². The van der Waals surface area contributed by atoms with Crippen LogP contribution in [-0.2, 0) is 6.61 Å². The van der Waals surface area contributed by atoms with E-state index in [9.17, 15) is 4.79 Å². The maximum atomic E-state index is 11.0. The van der Waals surface area contributed by atoms with Crippen molar-refractivity contribution in [2.24, 2.45) is 0 Å². The van der Waals surface area contributed by atoms with Gasteiger partial charge < -0.3 is 15.6 Å². The van der Waals surface area contributed by atoms with Gasteiger partial charge >= 0.3 is 5.97 Å². The summed E-state index contributed by atoms with van der Waals surface area (Å²) in [6.45, 7) is 0.199. The van der Waals surface area contributed by atoms with Gasteiger partial charge in [0.05, 0.1) is 5.69 Å². The number of hydrogen-bond donors (Lipinski definition) is 2. The van der Waals surface area contributed by atoms with Crippen LogP contribution in [0.4, 0.5) is 5.69 Å². The van der Waals surface area contributed by atoms with E-state index in [0.29, 0.717) is 5.69 Å². The number of carboxylic acid groups (broad SMARTS) is 1. The minimum absolute atomic E-state index is 0.0835. The number of rotatable bonds is 4. The molecule has 5 nitrogen and oxygen atoms in total. The molecule has 1 heterocycles. The molecule has 0 spiro atoms. The fourth-order valence-electron chi connectivity index (χ4n) is 1.47. The van der Waals surface area contributed by atoms with Crippen molar-refractivity contribution < 1.29 is 14.6 Å². The zero-order chi connectivity index (χ0) is 13.0. The summed E-state index contributed by atoms with van der Waals surface area (Å²) in [5, 5.41) is 9.02. The Balaban J connectivity index is 2.18. The zero-order valence-electron chi connectivity index (χ0n) is 9.54. The molecule has 0 unspecified atom stereocenters. The van der Waals surface area contributed by atoms with Crippen LogP contribution in [0.5, 0.6) is 5.75 Å². The molecule has 3 N–H and O–H groups in total. The molecule has 0 saturated carbocycles. The summed E-state index contributed by atoms with van der Waals surface area (Å²) in [5.74, 6) is -0.806. The predicted octanol–water partition coefficient (Wildman–Crippen LogP) is 1.94. The molecular formula is C13H12N2O3. The maximum Gasteiger partial charge on any atom is 0.339 e. The normalized spacial score (nSPS) is 10.0. The van der Waals surface area contributed by atoms with E-state index < -0.39 is 5.97 Å². The monoisotopic (exact) mass is 244 g/mol. The first kappa shape index (κ1) is 11.9. The summed E-state index contributed by atoms with van der Waals surface area (Å²) in [6.07, 6.45) is 1.65. The number of carboxylic acids is 1. The molecule has 0 aliphatic heterocycles. The zero-order valence-corrected chi connectivity index (χ0v) is 9.54. The molecule has 0 radical (unpaired) electrons. The Morgan fingerprint density at radius 1 is 1.33 bits per heavy atom. The number of pyridine rings is 1. The van der Waals surface area contributed by atoms with Crippen LogP contribution in [0.25, 0.3) is 0 Å². The summed E-state index contributed by atoms with van der Waals surface area (Å²) >= 11 is 0. The summed E-state index contributed by atoms with van der Waals surface area (Å²) in [7, 11) is 0. The van der Waals surface area contributed by atoms with Gasteiger partial charge in [-0.05, 0) is 24.3 Å². The van der Waals surface area contributed by atoms with Gasteiger partial charge in [-0.25, -0.2) is 4.79 Å². The van der Waals surface area contributed by atoms with Gasteiger partial charge in [-0.2, -0.15) is 0 Å². The maximum absolute atomic E-state index is 11.0. The van der Waals surface area contributed by atoms with Crippen molar-refractivity contribution in [2.75, 3.05) is 5.73 Å². The third-order valence-electron chi connectivity index (χ3n) is 2.34. The number of aromatic nitrogens is 1. The lowest BCUT2D eigenvalue weighted by atomic mass is 10.2. The molecule has 92 valence electrons. The highest BCUT2D eigenvalue weighted by atomic mass is 16.5. The van der Waals surface area contributed by atoms with E-state index in [1.54, 1.807) is 18.3 Å². The standard InChI is InChI=1S/C13H12N2O3/c14-9-4-5-11(13(16)17)12(7-9)18-8-10-3-1-2-6-15-10/h1-7H,8,14H2,(H,16,17). The van der Waals surface area contributed by atoms with Crippen molar-refractivity contribution in [3.8, 4) is 5.75 Å². The fourth-order valence-corrected chi connectivity index (χ4v) is 1.47. The number of aromatic carboxylic acids is 1. The quantitative estimate of drug-likeness (QED) is 0.803. The van der Waals surface area contributed by atoms with Crippen LogP contribution >= 0.6 is 0 Å². The van der Waals surface area contributed by atoms with E-state index >= 15 is 0 Å². The Kier molecular flexibility index (Phi) is 3.43. The largest absolute Gasteiger partial charge is 0.486 e. The highest BCUT2D eigenvalue weighted by Crippen LogP contribution is 2.22. The Hall–Kier alpha value is -2.56. The van der Waals surface area contributed by atoms with Crippen molar-refractivity contribution >= 4 is 11.7 Å². The summed E-state index contributed by atoms with van der Waals surface area (Å²) in [5.41, 5.74) is 6.86. The molecule has 1 aromatic carbocycles. The van der Waals surface area contributed by atoms with Crippen LogP contribution in [0.3, 0.4) is 0 Å². The minimum atomic E-state index is -1.05. The number of benzene rings is 1. The van der Waals surface area contributed by atoms with Gasteiger partial charge in [-0.3, -0.25) is 4.98 Å². The topological polar surface area (TPSA) is 85.4 Å². The Morgan fingerprint density at radius 2 is 2.17 bits per heavy atom. The minimum Gasteiger partial charge on any atom is -0.486 e. The summed E-state index contributed by atoms with van der Waals surface area (Å²) in [6, 6.07) is 9.87. The van der Waals surface area contributed by atoms with E-state index in [1.807, 2.05) is 6.07 Å². The van der Waals surface area contributed by atoms with Crippen LogP contribution in [0.1, 0.15) is 16.1 Å². The molecule has 0 fully saturated rings. The lowest BCUT2D eigenvalue weighted by Crippen LogP contribution is -2.05. The van der Waals surface area contributed by atoms with Gasteiger partial charge in [0, 0.05) is 18.0 Å². The van der Waals surface area contributed by atoms with E-state index in [4.69, 9.17) is 15.6 Å².